The molecule has 0 saturated heterocycles. The van der Waals surface area contributed by atoms with Crippen molar-refractivity contribution in [3.8, 4) is 0 Å². The molecule has 2 N–H and O–H groups in total. The highest BCUT2D eigenvalue weighted by Crippen LogP contribution is 1.82. The summed E-state index contributed by atoms with van der Waals surface area (Å²) in [6.07, 6.45) is 2.42. The van der Waals surface area contributed by atoms with Gasteiger partial charge in [-0.3, -0.25) is 4.55 Å². The summed E-state index contributed by atoms with van der Waals surface area (Å²) >= 11 is 0. The zero-order valence-electron chi connectivity index (χ0n) is 12.4. The zero-order chi connectivity index (χ0) is 16.4. The lowest BCUT2D eigenvalue weighted by Gasteiger charge is -2.06. The predicted octanol–water partition coefficient (Wildman–Crippen LogP) is -0.265. The molecule has 0 aromatic rings. The Balaban J connectivity index is 0. The summed E-state index contributed by atoms with van der Waals surface area (Å²) in [5.41, 5.74) is 0. The lowest BCUT2D eigenvalue weighted by molar-refractivity contribution is -0.00323. The molecule has 0 saturated carbocycles. The molecular weight excluding hydrogens is 304 g/mol. The molecule has 0 aromatic heterocycles. The van der Waals surface area contributed by atoms with E-state index in [9.17, 15) is 8.42 Å². The molecule has 0 aromatic carbocycles. The highest BCUT2D eigenvalue weighted by Gasteiger charge is 1.91. The lowest BCUT2D eigenvalue weighted by atomic mass is 10.6. The van der Waals surface area contributed by atoms with Crippen LogP contribution in [0.1, 0.15) is 0 Å². The lowest BCUT2D eigenvalue weighted by Crippen LogP contribution is -2.12. The van der Waals surface area contributed by atoms with Crippen molar-refractivity contribution in [2.24, 2.45) is 0 Å². The van der Waals surface area contributed by atoms with Gasteiger partial charge < -0.3 is 24.1 Å². The minimum absolute atomic E-state index is 0.0494. The predicted molar refractivity (Wildman–Crippen MR) is 78.0 cm³/mol. The van der Waals surface area contributed by atoms with Gasteiger partial charge in [-0.05, 0) is 0 Å². The molecule has 0 fully saturated rings. The largest absolute Gasteiger partial charge is 0.394 e. The first-order valence-corrected chi connectivity index (χ1v) is 8.21. The monoisotopic (exact) mass is 330 g/mol. The van der Waals surface area contributed by atoms with Gasteiger partial charge in [-0.25, -0.2) is 0 Å². The SMILES string of the molecule is C=CCOCCOCCOCCOCCO.CS(=O)(=O)O. The van der Waals surface area contributed by atoms with Gasteiger partial charge in [0.15, 0.2) is 0 Å². The van der Waals surface area contributed by atoms with E-state index in [4.69, 9.17) is 28.6 Å². The normalized spacial score (nSPS) is 10.8. The Morgan fingerprint density at radius 2 is 1.24 bits per heavy atom. The first-order chi connectivity index (χ1) is 9.91. The average Bonchev–Trinajstić information content (AvgIpc) is 2.38. The van der Waals surface area contributed by atoms with E-state index < -0.39 is 10.1 Å². The molecule has 0 aliphatic carbocycles. The van der Waals surface area contributed by atoms with Crippen molar-refractivity contribution in [3.05, 3.63) is 12.7 Å². The van der Waals surface area contributed by atoms with Gasteiger partial charge in [0.05, 0.1) is 65.7 Å². The molecule has 0 spiro atoms. The standard InChI is InChI=1S/C11H22O5.CH4O3S/c1-2-4-13-6-8-15-10-11-16-9-7-14-5-3-12;1-5(2,3)4/h2,12H,1,3-11H2;1H3,(H,2,3,4). The molecule has 9 heteroatoms. The molecule has 0 unspecified atom stereocenters. The number of hydrogen-bond donors (Lipinski definition) is 2. The second kappa shape index (κ2) is 17.5. The third-order valence-corrected chi connectivity index (χ3v) is 1.59. The quantitative estimate of drug-likeness (QED) is 0.270. The van der Waals surface area contributed by atoms with Crippen LogP contribution in [0.25, 0.3) is 0 Å². The van der Waals surface area contributed by atoms with E-state index in [0.717, 1.165) is 0 Å². The van der Waals surface area contributed by atoms with Crippen molar-refractivity contribution < 1.29 is 37.0 Å². The minimum atomic E-state index is -3.67. The maximum atomic E-state index is 9.19. The molecule has 8 nitrogen and oxygen atoms in total. The Bertz CT molecular complexity index is 296. The minimum Gasteiger partial charge on any atom is -0.394 e. The van der Waals surface area contributed by atoms with Gasteiger partial charge >= 0.3 is 0 Å². The van der Waals surface area contributed by atoms with Gasteiger partial charge in [-0.1, -0.05) is 6.08 Å². The van der Waals surface area contributed by atoms with E-state index in [1.807, 2.05) is 0 Å². The fourth-order valence-electron chi connectivity index (χ4n) is 0.891. The van der Waals surface area contributed by atoms with E-state index in [1.165, 1.54) is 0 Å². The zero-order valence-corrected chi connectivity index (χ0v) is 13.2. The van der Waals surface area contributed by atoms with Crippen LogP contribution < -0.4 is 0 Å². The maximum Gasteiger partial charge on any atom is 0.261 e. The van der Waals surface area contributed by atoms with Crippen molar-refractivity contribution >= 4 is 10.1 Å². The number of hydrogen-bond acceptors (Lipinski definition) is 7. The third-order valence-electron chi connectivity index (χ3n) is 1.59. The van der Waals surface area contributed by atoms with E-state index in [0.29, 0.717) is 59.1 Å². The van der Waals surface area contributed by atoms with Crippen LogP contribution in [0.15, 0.2) is 12.7 Å². The van der Waals surface area contributed by atoms with Crippen LogP contribution in [-0.4, -0.2) is 83.8 Å². The molecule has 0 amide bonds. The Labute approximate surface area is 126 Å². The van der Waals surface area contributed by atoms with Crippen LogP contribution in [0.2, 0.25) is 0 Å². The van der Waals surface area contributed by atoms with E-state index in [1.54, 1.807) is 6.08 Å². The van der Waals surface area contributed by atoms with Crippen molar-refractivity contribution in [1.82, 2.24) is 0 Å². The molecular formula is C12H26O8S. The van der Waals surface area contributed by atoms with Gasteiger partial charge in [0, 0.05) is 0 Å². The number of rotatable bonds is 13. The molecule has 0 radical (unpaired) electrons. The first kappa shape index (κ1) is 22.7. The Morgan fingerprint density at radius 3 is 1.57 bits per heavy atom. The van der Waals surface area contributed by atoms with Crippen molar-refractivity contribution in [1.29, 1.82) is 0 Å². The second-order valence-corrected chi connectivity index (χ2v) is 5.12. The fraction of sp³-hybridized carbons (Fsp3) is 0.833. The Hall–Kier alpha value is -0.550. The molecule has 128 valence electrons. The van der Waals surface area contributed by atoms with E-state index in [-0.39, 0.29) is 6.61 Å². The van der Waals surface area contributed by atoms with E-state index in [2.05, 4.69) is 6.58 Å². The van der Waals surface area contributed by atoms with Gasteiger partial charge in [-0.15, -0.1) is 6.58 Å². The van der Waals surface area contributed by atoms with Crippen LogP contribution in [-0.2, 0) is 29.1 Å². The summed E-state index contributed by atoms with van der Waals surface area (Å²) in [4.78, 5) is 0. The molecule has 0 aliphatic heterocycles. The van der Waals surface area contributed by atoms with Crippen molar-refractivity contribution in [3.63, 3.8) is 0 Å². The molecule has 0 atom stereocenters. The number of aliphatic hydroxyl groups excluding tert-OH is 1. The van der Waals surface area contributed by atoms with Gasteiger partial charge in [0.1, 0.15) is 0 Å². The summed E-state index contributed by atoms with van der Waals surface area (Å²) < 4.78 is 46.5. The van der Waals surface area contributed by atoms with Crippen LogP contribution in [0.3, 0.4) is 0 Å². The summed E-state index contributed by atoms with van der Waals surface area (Å²) in [5.74, 6) is 0. The fourth-order valence-corrected chi connectivity index (χ4v) is 0.891. The van der Waals surface area contributed by atoms with Crippen LogP contribution >= 0.6 is 0 Å². The topological polar surface area (TPSA) is 112 Å². The smallest absolute Gasteiger partial charge is 0.261 e. The molecule has 0 rings (SSSR count). The van der Waals surface area contributed by atoms with Crippen LogP contribution in [0.4, 0.5) is 0 Å². The number of ether oxygens (including phenoxy) is 4. The van der Waals surface area contributed by atoms with Gasteiger partial charge in [-0.2, -0.15) is 8.42 Å². The first-order valence-electron chi connectivity index (χ1n) is 6.37. The Kier molecular flexibility index (Phi) is 18.9. The molecule has 0 heterocycles. The van der Waals surface area contributed by atoms with Gasteiger partial charge in [0.2, 0.25) is 0 Å². The summed E-state index contributed by atoms with van der Waals surface area (Å²) in [6.45, 7) is 7.77. The maximum absolute atomic E-state index is 9.19. The molecule has 21 heavy (non-hydrogen) atoms. The second-order valence-electron chi connectivity index (χ2n) is 3.66. The third kappa shape index (κ3) is 38.2. The highest BCUT2D eigenvalue weighted by atomic mass is 32.2. The van der Waals surface area contributed by atoms with Crippen molar-refractivity contribution in [2.45, 2.75) is 0 Å². The van der Waals surface area contributed by atoms with E-state index >= 15 is 0 Å². The van der Waals surface area contributed by atoms with Gasteiger partial charge in [0.25, 0.3) is 10.1 Å². The Morgan fingerprint density at radius 1 is 0.905 bits per heavy atom. The van der Waals surface area contributed by atoms with Crippen LogP contribution in [0.5, 0.6) is 0 Å². The van der Waals surface area contributed by atoms with Crippen molar-refractivity contribution in [2.75, 3.05) is 65.7 Å². The summed E-state index contributed by atoms with van der Waals surface area (Å²) in [6, 6.07) is 0. The average molecular weight is 330 g/mol. The molecule has 0 bridgehead atoms. The highest BCUT2D eigenvalue weighted by molar-refractivity contribution is 7.85. The number of aliphatic hydroxyl groups is 1. The summed E-state index contributed by atoms with van der Waals surface area (Å²) in [5, 5.41) is 8.42. The van der Waals surface area contributed by atoms with Crippen LogP contribution in [0, 0.1) is 0 Å². The molecule has 0 aliphatic rings. The summed E-state index contributed by atoms with van der Waals surface area (Å²) in [7, 11) is -3.67.